The van der Waals surface area contributed by atoms with E-state index in [9.17, 15) is 19.5 Å². The number of carbonyl (C=O) groups is 3. The third-order valence-electron chi connectivity index (χ3n) is 12.5. The number of carboxylic acid groups (broad SMARTS) is 1. The van der Waals surface area contributed by atoms with Crippen molar-refractivity contribution >= 4 is 17.9 Å². The fourth-order valence-electron chi connectivity index (χ4n) is 8.39. The average molecular weight is 867 g/mol. The molecule has 0 bridgehead atoms. The van der Waals surface area contributed by atoms with Crippen molar-refractivity contribution in [1.82, 2.24) is 0 Å². The highest BCUT2D eigenvalue weighted by molar-refractivity contribution is 5.72. The van der Waals surface area contributed by atoms with E-state index in [1.165, 1.54) is 199 Å². The number of unbranched alkanes of at least 4 members (excludes halogenated alkanes) is 35. The third kappa shape index (κ3) is 43.4. The summed E-state index contributed by atoms with van der Waals surface area (Å²) in [5, 5.41) is 9.66. The van der Waals surface area contributed by atoms with E-state index in [4.69, 9.17) is 14.2 Å². The van der Waals surface area contributed by atoms with Gasteiger partial charge in [0.05, 0.1) is 34.4 Å². The Kier molecular flexibility index (Phi) is 43.7. The molecule has 0 amide bonds. The predicted octanol–water partition coefficient (Wildman–Crippen LogP) is 15.3. The number of aliphatic carboxylic acids is 1. The van der Waals surface area contributed by atoms with E-state index in [1.807, 2.05) is 21.1 Å². The zero-order chi connectivity index (χ0) is 44.9. The van der Waals surface area contributed by atoms with Gasteiger partial charge in [0, 0.05) is 19.3 Å². The summed E-state index contributed by atoms with van der Waals surface area (Å²) in [4.78, 5) is 37.2. The van der Waals surface area contributed by atoms with E-state index in [-0.39, 0.29) is 36.2 Å². The van der Waals surface area contributed by atoms with Crippen molar-refractivity contribution in [2.24, 2.45) is 0 Å². The first-order chi connectivity index (χ1) is 29.6. The van der Waals surface area contributed by atoms with Crippen molar-refractivity contribution in [2.75, 3.05) is 41.0 Å². The molecule has 0 saturated carbocycles. The van der Waals surface area contributed by atoms with Gasteiger partial charge in [-0.25, -0.2) is 4.79 Å². The molecule has 0 spiro atoms. The van der Waals surface area contributed by atoms with Crippen LogP contribution in [-0.4, -0.2) is 80.6 Å². The third-order valence-corrected chi connectivity index (χ3v) is 12.5. The molecular formula is C53H104NO7+. The lowest BCUT2D eigenvalue weighted by molar-refractivity contribution is -0.887. The summed E-state index contributed by atoms with van der Waals surface area (Å²) >= 11 is 0. The Morgan fingerprint density at radius 2 is 0.721 bits per heavy atom. The first-order valence-corrected chi connectivity index (χ1v) is 26.6. The summed E-state index contributed by atoms with van der Waals surface area (Å²) in [5.41, 5.74) is 0. The molecule has 0 aromatic carbocycles. The van der Waals surface area contributed by atoms with Gasteiger partial charge in [0.1, 0.15) is 6.61 Å². The van der Waals surface area contributed by atoms with E-state index in [0.29, 0.717) is 19.3 Å². The van der Waals surface area contributed by atoms with E-state index in [0.717, 1.165) is 38.5 Å². The molecule has 8 heteroatoms. The zero-order valence-electron chi connectivity index (χ0n) is 41.4. The Morgan fingerprint density at radius 1 is 0.426 bits per heavy atom. The quantitative estimate of drug-likeness (QED) is 0.0369. The van der Waals surface area contributed by atoms with E-state index >= 15 is 0 Å². The maximum Gasteiger partial charge on any atom is 0.362 e. The number of rotatable bonds is 49. The van der Waals surface area contributed by atoms with Crippen LogP contribution in [0.3, 0.4) is 0 Å². The number of hydrogen-bond acceptors (Lipinski definition) is 6. The maximum absolute atomic E-state index is 12.8. The van der Waals surface area contributed by atoms with Crippen molar-refractivity contribution in [2.45, 2.75) is 283 Å². The summed E-state index contributed by atoms with van der Waals surface area (Å²) in [6.07, 6.45) is 48.6. The first-order valence-electron chi connectivity index (χ1n) is 26.6. The van der Waals surface area contributed by atoms with Crippen LogP contribution in [0.4, 0.5) is 0 Å². The minimum Gasteiger partial charge on any atom is -0.477 e. The molecule has 0 aliphatic rings. The maximum atomic E-state index is 12.8. The van der Waals surface area contributed by atoms with E-state index in [2.05, 4.69) is 13.8 Å². The van der Waals surface area contributed by atoms with Gasteiger partial charge in [-0.2, -0.15) is 0 Å². The number of esters is 2. The fourth-order valence-corrected chi connectivity index (χ4v) is 8.39. The standard InChI is InChI=1S/C53H103NO7/c1-6-8-10-12-14-16-18-20-22-24-26-28-30-32-34-36-38-40-42-44-52(56)61-49(47-59-46-45-50(53(57)58)54(3,4)5)48-60-51(55)43-41-39-37-35-33-31-29-27-25-23-21-19-17-15-13-11-9-7-2/h49-50H,6-48H2,1-5H3/p+1. The van der Waals surface area contributed by atoms with Crippen LogP contribution in [0.5, 0.6) is 0 Å². The lowest BCUT2D eigenvalue weighted by Gasteiger charge is -2.31. The van der Waals surface area contributed by atoms with Gasteiger partial charge >= 0.3 is 17.9 Å². The Bertz CT molecular complexity index is 967. The number of nitrogens with zero attached hydrogens (tertiary/aromatic N) is 1. The second kappa shape index (κ2) is 44.9. The Balaban J connectivity index is 4.17. The SMILES string of the molecule is CCCCCCCCCCCCCCCCCCCCCC(=O)OC(COCCC(C(=O)O)[N+](C)(C)C)COC(=O)CCCCCCCCCCCCCCCCCCCC. The van der Waals surface area contributed by atoms with Crippen LogP contribution < -0.4 is 0 Å². The van der Waals surface area contributed by atoms with Crippen molar-refractivity contribution in [3.05, 3.63) is 0 Å². The normalized spacial score (nSPS) is 12.7. The topological polar surface area (TPSA) is 99.1 Å². The fraction of sp³-hybridized carbons (Fsp3) is 0.943. The van der Waals surface area contributed by atoms with Gasteiger partial charge in [-0.05, 0) is 12.8 Å². The van der Waals surface area contributed by atoms with Crippen LogP contribution in [0.1, 0.15) is 271 Å². The van der Waals surface area contributed by atoms with Crippen molar-refractivity contribution in [3.8, 4) is 0 Å². The van der Waals surface area contributed by atoms with E-state index in [1.54, 1.807) is 0 Å². The number of carbonyl (C=O) groups excluding carboxylic acids is 2. The number of hydrogen-bond donors (Lipinski definition) is 1. The Labute approximate surface area is 378 Å². The number of ether oxygens (including phenoxy) is 3. The van der Waals surface area contributed by atoms with Crippen LogP contribution in [0.25, 0.3) is 0 Å². The average Bonchev–Trinajstić information content (AvgIpc) is 3.22. The molecular weight excluding hydrogens is 763 g/mol. The smallest absolute Gasteiger partial charge is 0.362 e. The van der Waals surface area contributed by atoms with E-state index < -0.39 is 18.1 Å². The lowest BCUT2D eigenvalue weighted by atomic mass is 10.0. The first kappa shape index (κ1) is 59.3. The van der Waals surface area contributed by atoms with Gasteiger partial charge in [-0.15, -0.1) is 0 Å². The molecule has 362 valence electrons. The van der Waals surface area contributed by atoms with Gasteiger partial charge in [0.15, 0.2) is 12.1 Å². The molecule has 61 heavy (non-hydrogen) atoms. The van der Waals surface area contributed by atoms with Crippen LogP contribution in [0.15, 0.2) is 0 Å². The molecule has 8 nitrogen and oxygen atoms in total. The monoisotopic (exact) mass is 867 g/mol. The van der Waals surface area contributed by atoms with Crippen molar-refractivity contribution in [1.29, 1.82) is 0 Å². The van der Waals surface area contributed by atoms with Crippen LogP contribution in [0, 0.1) is 0 Å². The number of likely N-dealkylation sites (N-methyl/N-ethyl adjacent to an activating group) is 1. The minimum absolute atomic E-state index is 0.0412. The zero-order valence-corrected chi connectivity index (χ0v) is 41.4. The Morgan fingerprint density at radius 3 is 1.02 bits per heavy atom. The summed E-state index contributed by atoms with van der Waals surface area (Å²) in [5.74, 6) is -1.44. The summed E-state index contributed by atoms with van der Waals surface area (Å²) in [7, 11) is 5.55. The molecule has 0 aliphatic carbocycles. The highest BCUT2D eigenvalue weighted by Crippen LogP contribution is 2.17. The molecule has 0 radical (unpaired) electrons. The molecule has 0 saturated heterocycles. The van der Waals surface area contributed by atoms with Gasteiger partial charge in [-0.3, -0.25) is 9.59 Å². The molecule has 0 fully saturated rings. The minimum atomic E-state index is -0.868. The van der Waals surface area contributed by atoms with Crippen molar-refractivity contribution < 1.29 is 38.2 Å². The second-order valence-corrected chi connectivity index (χ2v) is 19.5. The Hall–Kier alpha value is -1.67. The molecule has 0 aromatic rings. The number of quaternary nitrogens is 1. The molecule has 0 rings (SSSR count). The van der Waals surface area contributed by atoms with Gasteiger partial charge in [-0.1, -0.05) is 239 Å². The molecule has 2 atom stereocenters. The summed E-state index contributed by atoms with van der Waals surface area (Å²) in [6.45, 7) is 4.80. The molecule has 0 aromatic heterocycles. The van der Waals surface area contributed by atoms with Gasteiger partial charge in [0.2, 0.25) is 0 Å². The summed E-state index contributed by atoms with van der Waals surface area (Å²) in [6, 6.07) is -0.609. The van der Waals surface area contributed by atoms with Crippen LogP contribution in [0.2, 0.25) is 0 Å². The van der Waals surface area contributed by atoms with Crippen LogP contribution >= 0.6 is 0 Å². The highest BCUT2D eigenvalue weighted by Gasteiger charge is 2.31. The van der Waals surface area contributed by atoms with Gasteiger partial charge < -0.3 is 23.8 Å². The van der Waals surface area contributed by atoms with Crippen molar-refractivity contribution in [3.63, 3.8) is 0 Å². The molecule has 0 aliphatic heterocycles. The van der Waals surface area contributed by atoms with Crippen LogP contribution in [-0.2, 0) is 28.6 Å². The molecule has 0 heterocycles. The number of carboxylic acids is 1. The lowest BCUT2D eigenvalue weighted by Crippen LogP contribution is -2.50. The highest BCUT2D eigenvalue weighted by atomic mass is 16.6. The predicted molar refractivity (Wildman–Crippen MR) is 257 cm³/mol. The summed E-state index contributed by atoms with van der Waals surface area (Å²) < 4.78 is 17.4. The second-order valence-electron chi connectivity index (χ2n) is 19.5. The molecule has 1 N–H and O–H groups in total. The largest absolute Gasteiger partial charge is 0.477 e. The molecule has 2 unspecified atom stereocenters. The van der Waals surface area contributed by atoms with Gasteiger partial charge in [0.25, 0.3) is 0 Å².